The largest absolute Gasteiger partial charge is 0.494 e. The van der Waals surface area contributed by atoms with Gasteiger partial charge < -0.3 is 4.74 Å². The normalized spacial score (nSPS) is 11.4. The maximum absolute atomic E-state index is 12.4. The van der Waals surface area contributed by atoms with E-state index in [4.69, 9.17) is 4.74 Å². The highest BCUT2D eigenvalue weighted by Gasteiger charge is 2.19. The molecule has 0 aromatic heterocycles. The number of hydrogen-bond donors (Lipinski definition) is 0. The first-order valence-electron chi connectivity index (χ1n) is 5.14. The molecule has 0 N–H and O–H groups in total. The van der Waals surface area contributed by atoms with Crippen LogP contribution in [-0.4, -0.2) is 12.5 Å². The van der Waals surface area contributed by atoms with Crippen molar-refractivity contribution in [1.82, 2.24) is 0 Å². The second kappa shape index (κ2) is 5.69. The molecule has 1 nitrogen and oxygen atoms in total. The van der Waals surface area contributed by atoms with Gasteiger partial charge in [-0.2, -0.15) is 0 Å². The van der Waals surface area contributed by atoms with Gasteiger partial charge in [-0.15, -0.1) is 0 Å². The summed E-state index contributed by atoms with van der Waals surface area (Å²) >= 11 is 0. The van der Waals surface area contributed by atoms with Crippen LogP contribution in [0.3, 0.4) is 0 Å². The average molecular weight is 214 g/mol. The monoisotopic (exact) mass is 214 g/mol. The molecule has 0 aliphatic heterocycles. The summed E-state index contributed by atoms with van der Waals surface area (Å²) in [5.41, 5.74) is 0. The lowest BCUT2D eigenvalue weighted by Crippen LogP contribution is -2.09. The lowest BCUT2D eigenvalue weighted by atomic mass is 10.2. The van der Waals surface area contributed by atoms with E-state index in [0.717, 1.165) is 12.7 Å². The molecule has 0 saturated carbocycles. The van der Waals surface area contributed by atoms with Gasteiger partial charge in [-0.1, -0.05) is 18.2 Å². The van der Waals surface area contributed by atoms with Crippen LogP contribution in [0.1, 0.15) is 26.2 Å². The van der Waals surface area contributed by atoms with Gasteiger partial charge in [-0.05, 0) is 31.9 Å². The number of alkyl halides is 2. The highest BCUT2D eigenvalue weighted by atomic mass is 19.3. The predicted octanol–water partition coefficient (Wildman–Crippen LogP) is 3.89. The molecule has 15 heavy (non-hydrogen) atoms. The van der Waals surface area contributed by atoms with Gasteiger partial charge in [-0.25, -0.2) is 8.78 Å². The second-order valence-electron chi connectivity index (χ2n) is 3.69. The standard InChI is InChI=1S/C12H16F2O/c1-12(13,14)9-5-6-10-15-11-7-3-2-4-8-11/h2-4,7-8H,5-6,9-10H2,1H3. The first-order chi connectivity index (χ1) is 7.08. The first-order valence-corrected chi connectivity index (χ1v) is 5.14. The van der Waals surface area contributed by atoms with Crippen LogP contribution in [0.5, 0.6) is 5.75 Å². The van der Waals surface area contributed by atoms with Gasteiger partial charge in [-0.3, -0.25) is 0 Å². The summed E-state index contributed by atoms with van der Waals surface area (Å²) in [6.07, 6.45) is 1.10. The van der Waals surface area contributed by atoms with Crippen LogP contribution in [0.15, 0.2) is 30.3 Å². The third kappa shape index (κ3) is 6.05. The topological polar surface area (TPSA) is 9.23 Å². The minimum absolute atomic E-state index is 0.0643. The highest BCUT2D eigenvalue weighted by Crippen LogP contribution is 2.19. The van der Waals surface area contributed by atoms with Gasteiger partial charge in [0.05, 0.1) is 6.61 Å². The molecule has 1 aromatic carbocycles. The van der Waals surface area contributed by atoms with E-state index in [1.807, 2.05) is 30.3 Å². The number of para-hydroxylation sites is 1. The van der Waals surface area contributed by atoms with E-state index in [9.17, 15) is 8.78 Å². The van der Waals surface area contributed by atoms with E-state index in [2.05, 4.69) is 0 Å². The van der Waals surface area contributed by atoms with E-state index in [0.29, 0.717) is 19.4 Å². The van der Waals surface area contributed by atoms with Crippen LogP contribution in [0.2, 0.25) is 0 Å². The molecule has 1 aromatic rings. The van der Waals surface area contributed by atoms with E-state index in [-0.39, 0.29) is 6.42 Å². The molecule has 0 radical (unpaired) electrons. The van der Waals surface area contributed by atoms with Crippen LogP contribution < -0.4 is 4.74 Å². The van der Waals surface area contributed by atoms with Gasteiger partial charge in [0, 0.05) is 6.42 Å². The van der Waals surface area contributed by atoms with Crippen molar-refractivity contribution in [3.63, 3.8) is 0 Å². The fourth-order valence-electron chi connectivity index (χ4n) is 1.24. The Kier molecular flexibility index (Phi) is 4.53. The predicted molar refractivity (Wildman–Crippen MR) is 56.4 cm³/mol. The molecule has 84 valence electrons. The summed E-state index contributed by atoms with van der Waals surface area (Å²) in [4.78, 5) is 0. The SMILES string of the molecule is CC(F)(F)CCCCOc1ccccc1. The summed E-state index contributed by atoms with van der Waals surface area (Å²) < 4.78 is 30.2. The van der Waals surface area contributed by atoms with Crippen LogP contribution in [0.4, 0.5) is 8.78 Å². The maximum Gasteiger partial charge on any atom is 0.245 e. The first kappa shape index (κ1) is 12.0. The minimum Gasteiger partial charge on any atom is -0.494 e. The second-order valence-corrected chi connectivity index (χ2v) is 3.69. The average Bonchev–Trinajstić information content (AvgIpc) is 2.17. The Morgan fingerprint density at radius 1 is 1.13 bits per heavy atom. The van der Waals surface area contributed by atoms with Crippen LogP contribution in [0, 0.1) is 0 Å². The number of rotatable bonds is 6. The van der Waals surface area contributed by atoms with Gasteiger partial charge in [0.2, 0.25) is 5.92 Å². The van der Waals surface area contributed by atoms with Crippen LogP contribution in [-0.2, 0) is 0 Å². The molecule has 1 rings (SSSR count). The molecule has 0 fully saturated rings. The maximum atomic E-state index is 12.4. The molecule has 0 bridgehead atoms. The molecule has 0 aliphatic rings. The molecule has 0 unspecified atom stereocenters. The van der Waals surface area contributed by atoms with Crippen molar-refractivity contribution in [2.24, 2.45) is 0 Å². The van der Waals surface area contributed by atoms with Gasteiger partial charge in [0.25, 0.3) is 0 Å². The zero-order chi connectivity index (χ0) is 11.1. The number of unbranched alkanes of at least 4 members (excludes halogenated alkanes) is 1. The molecule has 0 saturated heterocycles. The Labute approximate surface area is 89.1 Å². The van der Waals surface area contributed by atoms with Crippen LogP contribution >= 0.6 is 0 Å². The summed E-state index contributed by atoms with van der Waals surface area (Å²) in [5, 5.41) is 0. The van der Waals surface area contributed by atoms with Gasteiger partial charge in [0.15, 0.2) is 0 Å². The Balaban J connectivity index is 2.08. The third-order valence-corrected chi connectivity index (χ3v) is 2.02. The summed E-state index contributed by atoms with van der Waals surface area (Å²) in [6, 6.07) is 9.39. The smallest absolute Gasteiger partial charge is 0.245 e. The van der Waals surface area contributed by atoms with Crippen molar-refractivity contribution in [3.8, 4) is 5.75 Å². The van der Waals surface area contributed by atoms with Gasteiger partial charge >= 0.3 is 0 Å². The molecule has 0 amide bonds. The number of benzene rings is 1. The molecule has 0 spiro atoms. The quantitative estimate of drug-likeness (QED) is 0.653. The molecular formula is C12H16F2O. The van der Waals surface area contributed by atoms with Crippen molar-refractivity contribution in [2.45, 2.75) is 32.1 Å². The molecule has 0 atom stereocenters. The number of halogens is 2. The zero-order valence-corrected chi connectivity index (χ0v) is 8.88. The summed E-state index contributed by atoms with van der Waals surface area (Å²) in [7, 11) is 0. The molecule has 0 heterocycles. The van der Waals surface area contributed by atoms with E-state index >= 15 is 0 Å². The van der Waals surface area contributed by atoms with Crippen molar-refractivity contribution < 1.29 is 13.5 Å². The lowest BCUT2D eigenvalue weighted by molar-refractivity contribution is 0.00973. The third-order valence-electron chi connectivity index (χ3n) is 2.02. The van der Waals surface area contributed by atoms with E-state index in [1.54, 1.807) is 0 Å². The van der Waals surface area contributed by atoms with Crippen LogP contribution in [0.25, 0.3) is 0 Å². The fraction of sp³-hybridized carbons (Fsp3) is 0.500. The summed E-state index contributed by atoms with van der Waals surface area (Å²) in [6.45, 7) is 1.45. The minimum atomic E-state index is -2.55. The van der Waals surface area contributed by atoms with Gasteiger partial charge in [0.1, 0.15) is 5.75 Å². The fourth-order valence-corrected chi connectivity index (χ4v) is 1.24. The van der Waals surface area contributed by atoms with Crippen molar-refractivity contribution in [2.75, 3.05) is 6.61 Å². The van der Waals surface area contributed by atoms with E-state index in [1.165, 1.54) is 0 Å². The lowest BCUT2D eigenvalue weighted by Gasteiger charge is -2.09. The Hall–Kier alpha value is -1.12. The Morgan fingerprint density at radius 3 is 2.40 bits per heavy atom. The highest BCUT2D eigenvalue weighted by molar-refractivity contribution is 5.20. The van der Waals surface area contributed by atoms with E-state index < -0.39 is 5.92 Å². The number of ether oxygens (including phenoxy) is 1. The Morgan fingerprint density at radius 2 is 1.80 bits per heavy atom. The zero-order valence-electron chi connectivity index (χ0n) is 8.88. The molecular weight excluding hydrogens is 198 g/mol. The molecule has 3 heteroatoms. The van der Waals surface area contributed by atoms with Crippen molar-refractivity contribution in [3.05, 3.63) is 30.3 Å². The summed E-state index contributed by atoms with van der Waals surface area (Å²) in [5.74, 6) is -1.76. The molecule has 0 aliphatic carbocycles. The van der Waals surface area contributed by atoms with Crippen molar-refractivity contribution >= 4 is 0 Å². The van der Waals surface area contributed by atoms with Crippen molar-refractivity contribution in [1.29, 1.82) is 0 Å². The number of hydrogen-bond acceptors (Lipinski definition) is 1. The Bertz CT molecular complexity index is 267.